The summed E-state index contributed by atoms with van der Waals surface area (Å²) < 4.78 is 27.1. The highest BCUT2D eigenvalue weighted by Gasteiger charge is 2.27. The average Bonchev–Trinajstić information content (AvgIpc) is 2.83. The highest BCUT2D eigenvalue weighted by atomic mass is 19.1. The maximum Gasteiger partial charge on any atom is 0.256 e. The first-order valence-electron chi connectivity index (χ1n) is 8.51. The third kappa shape index (κ3) is 4.10. The molecule has 0 unspecified atom stereocenters. The van der Waals surface area contributed by atoms with E-state index < -0.39 is 17.5 Å². The normalized spacial score (nSPS) is 15.5. The molecule has 2 rings (SSSR count). The first-order chi connectivity index (χ1) is 11.5. The van der Waals surface area contributed by atoms with Gasteiger partial charge < -0.3 is 9.80 Å². The number of carbonyl (C=O) groups is 2. The quantitative estimate of drug-likeness (QED) is 0.846. The molecule has 0 radical (unpaired) electrons. The van der Waals surface area contributed by atoms with Crippen molar-refractivity contribution in [1.82, 2.24) is 9.80 Å². The summed E-state index contributed by atoms with van der Waals surface area (Å²) in [7, 11) is 0. The number of hydrogen-bond acceptors (Lipinski definition) is 2. The van der Waals surface area contributed by atoms with Crippen LogP contribution in [0.1, 0.15) is 43.5 Å². The van der Waals surface area contributed by atoms with Gasteiger partial charge in [-0.05, 0) is 37.5 Å². The number of carbonyl (C=O) groups excluding carboxylic acids is 2. The van der Waals surface area contributed by atoms with Crippen molar-refractivity contribution in [3.8, 4) is 0 Å². The van der Waals surface area contributed by atoms with Gasteiger partial charge in [0.05, 0.1) is 5.56 Å². The topological polar surface area (TPSA) is 40.6 Å². The van der Waals surface area contributed by atoms with Gasteiger partial charge >= 0.3 is 0 Å². The summed E-state index contributed by atoms with van der Waals surface area (Å²) in [4.78, 5) is 28.2. The van der Waals surface area contributed by atoms with Crippen LogP contribution >= 0.6 is 0 Å². The second-order valence-corrected chi connectivity index (χ2v) is 6.11. The summed E-state index contributed by atoms with van der Waals surface area (Å²) in [5, 5.41) is 0. The number of amides is 2. The molecule has 0 bridgehead atoms. The van der Waals surface area contributed by atoms with Crippen molar-refractivity contribution in [2.75, 3.05) is 26.2 Å². The smallest absolute Gasteiger partial charge is 0.256 e. The summed E-state index contributed by atoms with van der Waals surface area (Å²) in [6.07, 6.45) is 2.22. The molecule has 1 fully saturated rings. The van der Waals surface area contributed by atoms with E-state index in [2.05, 4.69) is 0 Å². The molecule has 0 saturated carbocycles. The van der Waals surface area contributed by atoms with Crippen molar-refractivity contribution in [2.45, 2.75) is 33.1 Å². The molecule has 1 aliphatic rings. The average molecular weight is 338 g/mol. The second-order valence-electron chi connectivity index (χ2n) is 6.11. The fourth-order valence-electron chi connectivity index (χ4n) is 3.07. The first kappa shape index (κ1) is 18.4. The van der Waals surface area contributed by atoms with E-state index in [-0.39, 0.29) is 17.4 Å². The zero-order valence-corrected chi connectivity index (χ0v) is 14.2. The number of benzene rings is 1. The fourth-order valence-corrected chi connectivity index (χ4v) is 3.07. The molecule has 1 saturated heterocycles. The van der Waals surface area contributed by atoms with Gasteiger partial charge in [-0.15, -0.1) is 0 Å². The molecular formula is C18H24F2N2O2. The van der Waals surface area contributed by atoms with Crippen LogP contribution in [0.4, 0.5) is 8.78 Å². The molecule has 4 nitrogen and oxygen atoms in total. The minimum Gasteiger partial charge on any atom is -0.341 e. The molecule has 0 atom stereocenters. The lowest BCUT2D eigenvalue weighted by Gasteiger charge is -2.25. The zero-order valence-electron chi connectivity index (χ0n) is 14.2. The number of nitrogens with zero attached hydrogens (tertiary/aromatic N) is 2. The Bertz CT molecular complexity index is 603. The minimum absolute atomic E-state index is 0.00733. The van der Waals surface area contributed by atoms with Crippen LogP contribution in [0.5, 0.6) is 0 Å². The Kier molecular flexibility index (Phi) is 6.29. The minimum atomic E-state index is -0.726. The summed E-state index contributed by atoms with van der Waals surface area (Å²) in [5.74, 6) is -1.77. The summed E-state index contributed by atoms with van der Waals surface area (Å²) in [6.45, 7) is 5.77. The van der Waals surface area contributed by atoms with Crippen LogP contribution in [-0.2, 0) is 4.79 Å². The summed E-state index contributed by atoms with van der Waals surface area (Å²) in [6, 6.07) is 2.88. The van der Waals surface area contributed by atoms with Crippen LogP contribution in [0, 0.1) is 17.6 Å². The zero-order chi connectivity index (χ0) is 17.7. The third-order valence-electron chi connectivity index (χ3n) is 4.59. The van der Waals surface area contributed by atoms with Gasteiger partial charge in [-0.3, -0.25) is 9.59 Å². The lowest BCUT2D eigenvalue weighted by Crippen LogP contribution is -2.40. The molecule has 24 heavy (non-hydrogen) atoms. The molecule has 6 heteroatoms. The van der Waals surface area contributed by atoms with Crippen molar-refractivity contribution in [3.05, 3.63) is 35.4 Å². The van der Waals surface area contributed by atoms with Crippen molar-refractivity contribution >= 4 is 11.8 Å². The number of halogens is 2. The van der Waals surface area contributed by atoms with E-state index in [1.54, 1.807) is 4.90 Å². The van der Waals surface area contributed by atoms with Gasteiger partial charge in [0, 0.05) is 32.1 Å². The Labute approximate surface area is 141 Å². The molecule has 0 spiro atoms. The molecule has 0 N–H and O–H groups in total. The Morgan fingerprint density at radius 2 is 1.67 bits per heavy atom. The molecule has 0 aliphatic carbocycles. The highest BCUT2D eigenvalue weighted by Crippen LogP contribution is 2.17. The van der Waals surface area contributed by atoms with Crippen molar-refractivity contribution in [3.63, 3.8) is 0 Å². The van der Waals surface area contributed by atoms with Gasteiger partial charge in [0.25, 0.3) is 5.91 Å². The van der Waals surface area contributed by atoms with E-state index in [0.717, 1.165) is 31.0 Å². The molecule has 2 amide bonds. The number of hydrogen-bond donors (Lipinski definition) is 0. The van der Waals surface area contributed by atoms with Gasteiger partial charge in [0.1, 0.15) is 11.6 Å². The van der Waals surface area contributed by atoms with Gasteiger partial charge in [0.15, 0.2) is 0 Å². The van der Waals surface area contributed by atoms with Crippen LogP contribution < -0.4 is 0 Å². The monoisotopic (exact) mass is 338 g/mol. The van der Waals surface area contributed by atoms with E-state index in [4.69, 9.17) is 0 Å². The Balaban J connectivity index is 2.06. The summed E-state index contributed by atoms with van der Waals surface area (Å²) in [5.41, 5.74) is -0.255. The predicted molar refractivity (Wildman–Crippen MR) is 87.5 cm³/mol. The van der Waals surface area contributed by atoms with E-state index in [9.17, 15) is 18.4 Å². The third-order valence-corrected chi connectivity index (χ3v) is 4.59. The number of rotatable bonds is 4. The maximum atomic E-state index is 13.8. The second kappa shape index (κ2) is 8.22. The molecular weight excluding hydrogens is 314 g/mol. The van der Waals surface area contributed by atoms with E-state index in [0.29, 0.717) is 32.6 Å². The fraction of sp³-hybridized carbons (Fsp3) is 0.556. The van der Waals surface area contributed by atoms with E-state index in [1.165, 1.54) is 4.90 Å². The van der Waals surface area contributed by atoms with E-state index in [1.807, 2.05) is 13.8 Å². The van der Waals surface area contributed by atoms with Gasteiger partial charge in [-0.1, -0.05) is 13.8 Å². The summed E-state index contributed by atoms with van der Waals surface area (Å²) >= 11 is 0. The standard InChI is InChI=1S/C18H24F2N2O2/c1-3-13(4-2)17(23)21-8-5-9-22(11-10-21)18(24)15-12-14(19)6-7-16(15)20/h6-7,12-13H,3-5,8-11H2,1-2H3. The predicted octanol–water partition coefficient (Wildman–Crippen LogP) is 3.08. The Morgan fingerprint density at radius 1 is 1.04 bits per heavy atom. The first-order valence-corrected chi connectivity index (χ1v) is 8.51. The van der Waals surface area contributed by atoms with Crippen LogP contribution in [0.15, 0.2) is 18.2 Å². The van der Waals surface area contributed by atoms with Crippen LogP contribution in [0.2, 0.25) is 0 Å². The lowest BCUT2D eigenvalue weighted by molar-refractivity contribution is -0.135. The molecule has 1 aromatic rings. The molecule has 132 valence electrons. The Hall–Kier alpha value is -1.98. The molecule has 1 heterocycles. The van der Waals surface area contributed by atoms with Gasteiger partial charge in [0.2, 0.25) is 5.91 Å². The van der Waals surface area contributed by atoms with Crippen LogP contribution in [0.3, 0.4) is 0 Å². The molecule has 1 aromatic carbocycles. The van der Waals surface area contributed by atoms with Gasteiger partial charge in [-0.2, -0.15) is 0 Å². The Morgan fingerprint density at radius 3 is 2.33 bits per heavy atom. The SMILES string of the molecule is CCC(CC)C(=O)N1CCCN(C(=O)c2cc(F)ccc2F)CC1. The molecule has 0 aromatic heterocycles. The van der Waals surface area contributed by atoms with Gasteiger partial charge in [-0.25, -0.2) is 8.78 Å². The van der Waals surface area contributed by atoms with Crippen LogP contribution in [-0.4, -0.2) is 47.8 Å². The molecule has 1 aliphatic heterocycles. The highest BCUT2D eigenvalue weighted by molar-refractivity contribution is 5.94. The van der Waals surface area contributed by atoms with Crippen molar-refractivity contribution < 1.29 is 18.4 Å². The maximum absolute atomic E-state index is 13.8. The largest absolute Gasteiger partial charge is 0.341 e. The lowest BCUT2D eigenvalue weighted by atomic mass is 10.0. The van der Waals surface area contributed by atoms with Crippen LogP contribution in [0.25, 0.3) is 0 Å². The van der Waals surface area contributed by atoms with Crippen molar-refractivity contribution in [2.24, 2.45) is 5.92 Å². The van der Waals surface area contributed by atoms with E-state index >= 15 is 0 Å². The van der Waals surface area contributed by atoms with Crippen molar-refractivity contribution in [1.29, 1.82) is 0 Å².